The number of hydrogen-bond acceptors (Lipinski definition) is 3. The topological polar surface area (TPSA) is 64.1 Å². The van der Waals surface area contributed by atoms with Gasteiger partial charge in [0, 0.05) is 0 Å². The molecule has 1 rings (SSSR count). The molecule has 1 aromatic rings. The van der Waals surface area contributed by atoms with Gasteiger partial charge < -0.3 is 11.2 Å². The van der Waals surface area contributed by atoms with E-state index in [1.165, 1.54) is 11.1 Å². The van der Waals surface area contributed by atoms with E-state index in [1.807, 2.05) is 6.07 Å². The molecule has 3 nitrogen and oxygen atoms in total. The molecule has 0 amide bonds. The van der Waals surface area contributed by atoms with E-state index in [1.54, 1.807) is 0 Å². The summed E-state index contributed by atoms with van der Waals surface area (Å²) in [7, 11) is 0. The Hall–Kier alpha value is -1.22. The van der Waals surface area contributed by atoms with Crippen molar-refractivity contribution in [2.45, 2.75) is 39.5 Å². The Bertz CT molecular complexity index is 343. The zero-order valence-electron chi connectivity index (χ0n) is 9.96. The molecule has 0 unspecified atom stereocenters. The number of benzene rings is 1. The van der Waals surface area contributed by atoms with Crippen LogP contribution in [-0.2, 0) is 0 Å². The van der Waals surface area contributed by atoms with Crippen LogP contribution in [0.25, 0.3) is 0 Å². The Balaban J connectivity index is 3.32. The van der Waals surface area contributed by atoms with Crippen LogP contribution in [0.2, 0.25) is 0 Å². The van der Waals surface area contributed by atoms with E-state index in [4.69, 9.17) is 11.6 Å². The van der Waals surface area contributed by atoms with Crippen molar-refractivity contribution in [3.05, 3.63) is 23.3 Å². The van der Waals surface area contributed by atoms with Crippen molar-refractivity contribution in [2.75, 3.05) is 11.2 Å². The summed E-state index contributed by atoms with van der Waals surface area (Å²) in [6, 6.07) is 4.17. The van der Waals surface area contributed by atoms with E-state index in [9.17, 15) is 0 Å². The second-order valence-electron chi connectivity index (χ2n) is 4.53. The minimum Gasteiger partial charge on any atom is -0.397 e. The molecule has 0 aliphatic rings. The molecule has 0 radical (unpaired) electrons. The molecule has 84 valence electrons. The van der Waals surface area contributed by atoms with Crippen molar-refractivity contribution in [3.63, 3.8) is 0 Å². The lowest BCUT2D eigenvalue weighted by Crippen LogP contribution is -2.13. The van der Waals surface area contributed by atoms with Crippen LogP contribution in [0.4, 0.5) is 11.4 Å². The maximum absolute atomic E-state index is 5.97. The van der Waals surface area contributed by atoms with Crippen LogP contribution < -0.4 is 17.0 Å². The van der Waals surface area contributed by atoms with Gasteiger partial charge in [-0.05, 0) is 29.0 Å². The monoisotopic (exact) mass is 207 g/mol. The summed E-state index contributed by atoms with van der Waals surface area (Å²) in [5, 5.41) is 0. The van der Waals surface area contributed by atoms with E-state index in [2.05, 4.69) is 39.2 Å². The number of hydrogen-bond donors (Lipinski definition) is 3. The van der Waals surface area contributed by atoms with Crippen LogP contribution in [0.5, 0.6) is 0 Å². The highest BCUT2D eigenvalue weighted by atomic mass is 15.2. The summed E-state index contributed by atoms with van der Waals surface area (Å²) >= 11 is 0. The van der Waals surface area contributed by atoms with E-state index in [0.717, 1.165) is 11.4 Å². The van der Waals surface area contributed by atoms with E-state index >= 15 is 0 Å². The molecule has 0 heterocycles. The van der Waals surface area contributed by atoms with Crippen LogP contribution in [0.15, 0.2) is 12.1 Å². The number of nitrogen functional groups attached to an aromatic ring is 2. The number of nitrogens with one attached hydrogen (secondary N) is 1. The highest BCUT2D eigenvalue weighted by molar-refractivity contribution is 5.71. The van der Waals surface area contributed by atoms with Crippen molar-refractivity contribution in [3.8, 4) is 0 Å². The molecule has 0 bridgehead atoms. The highest BCUT2D eigenvalue weighted by Crippen LogP contribution is 2.32. The molecule has 0 spiro atoms. The maximum Gasteiger partial charge on any atom is 0.0751 e. The molecular formula is C12H21N3. The molecule has 0 aliphatic heterocycles. The van der Waals surface area contributed by atoms with E-state index in [0.29, 0.717) is 11.8 Å². The van der Waals surface area contributed by atoms with Gasteiger partial charge in [-0.3, -0.25) is 5.84 Å². The molecule has 0 aliphatic carbocycles. The van der Waals surface area contributed by atoms with Crippen LogP contribution in [0, 0.1) is 0 Å². The number of anilines is 2. The van der Waals surface area contributed by atoms with Gasteiger partial charge in [-0.15, -0.1) is 0 Å². The summed E-state index contributed by atoms with van der Waals surface area (Å²) in [5.41, 5.74) is 12.7. The fourth-order valence-electron chi connectivity index (χ4n) is 1.67. The minimum atomic E-state index is 0.414. The van der Waals surface area contributed by atoms with Crippen molar-refractivity contribution in [1.82, 2.24) is 0 Å². The predicted molar refractivity (Wildman–Crippen MR) is 66.8 cm³/mol. The molecule has 3 heteroatoms. The Morgan fingerprint density at radius 2 is 1.67 bits per heavy atom. The quantitative estimate of drug-likeness (QED) is 0.405. The minimum absolute atomic E-state index is 0.414. The standard InChI is InChI=1S/C12H21N3/c1-7(2)9-5-10(8(3)4)12(15-14)11(13)6-9/h5-8,15H,13-14H2,1-4H3. The maximum atomic E-state index is 5.97. The molecule has 1 aromatic carbocycles. The lowest BCUT2D eigenvalue weighted by Gasteiger charge is -2.18. The average molecular weight is 207 g/mol. The summed E-state index contributed by atoms with van der Waals surface area (Å²) < 4.78 is 0. The molecule has 15 heavy (non-hydrogen) atoms. The van der Waals surface area contributed by atoms with Gasteiger partial charge in [0.1, 0.15) is 0 Å². The average Bonchev–Trinajstić information content (AvgIpc) is 2.16. The van der Waals surface area contributed by atoms with Crippen molar-refractivity contribution in [2.24, 2.45) is 5.84 Å². The van der Waals surface area contributed by atoms with Crippen LogP contribution in [0.3, 0.4) is 0 Å². The SMILES string of the molecule is CC(C)c1cc(N)c(NN)c(C(C)C)c1. The highest BCUT2D eigenvalue weighted by Gasteiger charge is 2.12. The first-order valence-electron chi connectivity index (χ1n) is 5.37. The van der Waals surface area contributed by atoms with E-state index < -0.39 is 0 Å². The van der Waals surface area contributed by atoms with Gasteiger partial charge >= 0.3 is 0 Å². The molecule has 0 saturated heterocycles. The van der Waals surface area contributed by atoms with Crippen LogP contribution in [0.1, 0.15) is 50.7 Å². The second kappa shape index (κ2) is 4.53. The summed E-state index contributed by atoms with van der Waals surface area (Å²) in [6.07, 6.45) is 0. The van der Waals surface area contributed by atoms with Crippen LogP contribution >= 0.6 is 0 Å². The summed E-state index contributed by atoms with van der Waals surface area (Å²) in [5.74, 6) is 6.38. The van der Waals surface area contributed by atoms with Gasteiger partial charge in [-0.2, -0.15) is 0 Å². The predicted octanol–water partition coefficient (Wildman–Crippen LogP) is 2.80. The van der Waals surface area contributed by atoms with Gasteiger partial charge in [-0.1, -0.05) is 33.8 Å². The number of nitrogens with two attached hydrogens (primary N) is 2. The van der Waals surface area contributed by atoms with Crippen LogP contribution in [-0.4, -0.2) is 0 Å². The van der Waals surface area contributed by atoms with Gasteiger partial charge in [0.05, 0.1) is 11.4 Å². The van der Waals surface area contributed by atoms with Gasteiger partial charge in [0.2, 0.25) is 0 Å². The third kappa shape index (κ3) is 2.42. The lowest BCUT2D eigenvalue weighted by molar-refractivity contribution is 0.835. The van der Waals surface area contributed by atoms with Crippen molar-refractivity contribution >= 4 is 11.4 Å². The Morgan fingerprint density at radius 3 is 2.07 bits per heavy atom. The first-order valence-corrected chi connectivity index (χ1v) is 5.37. The Labute approximate surface area is 91.8 Å². The van der Waals surface area contributed by atoms with Gasteiger partial charge in [-0.25, -0.2) is 0 Å². The number of rotatable bonds is 3. The first kappa shape index (κ1) is 11.9. The molecule has 0 saturated carbocycles. The van der Waals surface area contributed by atoms with Crippen molar-refractivity contribution < 1.29 is 0 Å². The zero-order chi connectivity index (χ0) is 11.6. The summed E-state index contributed by atoms with van der Waals surface area (Å²) in [6.45, 7) is 8.60. The summed E-state index contributed by atoms with van der Waals surface area (Å²) in [4.78, 5) is 0. The van der Waals surface area contributed by atoms with Gasteiger partial charge in [0.25, 0.3) is 0 Å². The smallest absolute Gasteiger partial charge is 0.0751 e. The van der Waals surface area contributed by atoms with E-state index in [-0.39, 0.29) is 0 Å². The Kier molecular flexibility index (Phi) is 3.58. The Morgan fingerprint density at radius 1 is 1.07 bits per heavy atom. The molecule has 0 aromatic heterocycles. The zero-order valence-corrected chi connectivity index (χ0v) is 9.96. The third-order valence-electron chi connectivity index (χ3n) is 2.65. The molecule has 0 fully saturated rings. The number of hydrazine groups is 1. The largest absolute Gasteiger partial charge is 0.397 e. The normalized spacial score (nSPS) is 11.1. The molecule has 5 N–H and O–H groups in total. The van der Waals surface area contributed by atoms with Crippen molar-refractivity contribution in [1.29, 1.82) is 0 Å². The lowest BCUT2D eigenvalue weighted by atomic mass is 9.93. The fourth-order valence-corrected chi connectivity index (χ4v) is 1.67. The first-order chi connectivity index (χ1) is 6.97. The molecule has 0 atom stereocenters. The molecular weight excluding hydrogens is 186 g/mol. The van der Waals surface area contributed by atoms with Gasteiger partial charge in [0.15, 0.2) is 0 Å². The fraction of sp³-hybridized carbons (Fsp3) is 0.500. The third-order valence-corrected chi connectivity index (χ3v) is 2.65. The second-order valence-corrected chi connectivity index (χ2v) is 4.53.